The highest BCUT2D eigenvalue weighted by Crippen LogP contribution is 2.25. The summed E-state index contributed by atoms with van der Waals surface area (Å²) in [5, 5.41) is 4.91. The van der Waals surface area contributed by atoms with E-state index in [1.54, 1.807) is 0 Å². The van der Waals surface area contributed by atoms with Crippen molar-refractivity contribution in [3.8, 4) is 5.75 Å². The lowest BCUT2D eigenvalue weighted by molar-refractivity contribution is 0.276. The van der Waals surface area contributed by atoms with Gasteiger partial charge in [0.1, 0.15) is 6.61 Å². The highest BCUT2D eigenvalue weighted by molar-refractivity contribution is 7.09. The fourth-order valence-electron chi connectivity index (χ4n) is 1.66. The molecule has 0 saturated heterocycles. The SMILES string of the molecule is CCNCc1cc(F)c(OCc2cccs2)c(F)c1. The van der Waals surface area contributed by atoms with E-state index < -0.39 is 11.6 Å². The molecular weight excluding hydrogens is 268 g/mol. The molecule has 19 heavy (non-hydrogen) atoms. The molecular formula is C14H15F2NOS. The smallest absolute Gasteiger partial charge is 0.191 e. The average molecular weight is 283 g/mol. The predicted molar refractivity (Wildman–Crippen MR) is 72.4 cm³/mol. The quantitative estimate of drug-likeness (QED) is 0.872. The van der Waals surface area contributed by atoms with E-state index in [2.05, 4.69) is 5.32 Å². The van der Waals surface area contributed by atoms with Gasteiger partial charge in [0.2, 0.25) is 0 Å². The Hall–Kier alpha value is -1.46. The summed E-state index contributed by atoms with van der Waals surface area (Å²) >= 11 is 1.49. The zero-order valence-electron chi connectivity index (χ0n) is 10.6. The third-order valence-corrected chi connectivity index (χ3v) is 3.43. The monoisotopic (exact) mass is 283 g/mol. The summed E-state index contributed by atoms with van der Waals surface area (Å²) in [5.41, 5.74) is 0.570. The predicted octanol–water partition coefficient (Wildman–Crippen LogP) is 3.71. The van der Waals surface area contributed by atoms with Crippen molar-refractivity contribution in [2.24, 2.45) is 0 Å². The fraction of sp³-hybridized carbons (Fsp3) is 0.286. The summed E-state index contributed by atoms with van der Waals surface area (Å²) in [5.74, 6) is -1.64. The molecule has 0 aliphatic rings. The second kappa shape index (κ2) is 6.63. The molecule has 2 rings (SSSR count). The molecule has 0 fully saturated rings. The van der Waals surface area contributed by atoms with Crippen LogP contribution in [-0.4, -0.2) is 6.54 Å². The van der Waals surface area contributed by atoms with Gasteiger partial charge >= 0.3 is 0 Å². The number of nitrogens with one attached hydrogen (secondary N) is 1. The van der Waals surface area contributed by atoms with Crippen molar-refractivity contribution in [2.45, 2.75) is 20.1 Å². The van der Waals surface area contributed by atoms with E-state index in [4.69, 9.17) is 4.74 Å². The fourth-order valence-corrected chi connectivity index (χ4v) is 2.28. The highest BCUT2D eigenvalue weighted by atomic mass is 32.1. The van der Waals surface area contributed by atoms with Crippen molar-refractivity contribution in [1.29, 1.82) is 0 Å². The maximum absolute atomic E-state index is 13.8. The van der Waals surface area contributed by atoms with Gasteiger partial charge in [-0.1, -0.05) is 13.0 Å². The third-order valence-electron chi connectivity index (χ3n) is 2.58. The van der Waals surface area contributed by atoms with E-state index >= 15 is 0 Å². The van der Waals surface area contributed by atoms with Crippen molar-refractivity contribution >= 4 is 11.3 Å². The Morgan fingerprint density at radius 2 is 2.00 bits per heavy atom. The molecule has 1 aromatic carbocycles. The molecule has 1 heterocycles. The van der Waals surface area contributed by atoms with E-state index in [0.29, 0.717) is 12.1 Å². The van der Waals surface area contributed by atoms with E-state index in [1.165, 1.54) is 23.5 Å². The maximum Gasteiger partial charge on any atom is 0.191 e. The Bertz CT molecular complexity index is 505. The Morgan fingerprint density at radius 3 is 2.58 bits per heavy atom. The van der Waals surface area contributed by atoms with Crippen molar-refractivity contribution < 1.29 is 13.5 Å². The van der Waals surface area contributed by atoms with Crippen LogP contribution < -0.4 is 10.1 Å². The van der Waals surface area contributed by atoms with Gasteiger partial charge in [-0.25, -0.2) is 8.78 Å². The Labute approximate surface area is 115 Å². The zero-order valence-corrected chi connectivity index (χ0v) is 11.4. The minimum atomic E-state index is -0.663. The van der Waals surface area contributed by atoms with Gasteiger partial charge in [-0.3, -0.25) is 0 Å². The van der Waals surface area contributed by atoms with Crippen LogP contribution in [0.5, 0.6) is 5.75 Å². The summed E-state index contributed by atoms with van der Waals surface area (Å²) in [6, 6.07) is 6.33. The van der Waals surface area contributed by atoms with Crippen molar-refractivity contribution in [3.05, 3.63) is 51.7 Å². The van der Waals surface area contributed by atoms with E-state index in [0.717, 1.165) is 11.4 Å². The van der Waals surface area contributed by atoms with Crippen LogP contribution >= 0.6 is 11.3 Å². The summed E-state index contributed by atoms with van der Waals surface area (Å²) in [6.07, 6.45) is 0. The first-order valence-electron chi connectivity index (χ1n) is 6.04. The van der Waals surface area contributed by atoms with E-state index in [-0.39, 0.29) is 12.4 Å². The molecule has 0 atom stereocenters. The first-order chi connectivity index (χ1) is 9.20. The minimum Gasteiger partial charge on any atom is -0.482 e. The molecule has 1 N–H and O–H groups in total. The first-order valence-corrected chi connectivity index (χ1v) is 6.92. The van der Waals surface area contributed by atoms with Gasteiger partial charge in [0.25, 0.3) is 0 Å². The number of hydrogen-bond acceptors (Lipinski definition) is 3. The molecule has 2 aromatic rings. The highest BCUT2D eigenvalue weighted by Gasteiger charge is 2.13. The molecule has 0 saturated carbocycles. The van der Waals surface area contributed by atoms with Gasteiger partial charge in [0.15, 0.2) is 17.4 Å². The van der Waals surface area contributed by atoms with Crippen molar-refractivity contribution in [2.75, 3.05) is 6.54 Å². The molecule has 5 heteroatoms. The molecule has 0 spiro atoms. The van der Waals surface area contributed by atoms with Crippen molar-refractivity contribution in [1.82, 2.24) is 5.32 Å². The molecule has 0 radical (unpaired) electrons. The number of ether oxygens (including phenoxy) is 1. The average Bonchev–Trinajstić information content (AvgIpc) is 2.88. The van der Waals surface area contributed by atoms with Crippen LogP contribution in [0.25, 0.3) is 0 Å². The molecule has 0 aliphatic carbocycles. The van der Waals surface area contributed by atoms with Gasteiger partial charge in [-0.05, 0) is 35.7 Å². The number of thiophene rings is 1. The van der Waals surface area contributed by atoms with Crippen molar-refractivity contribution in [3.63, 3.8) is 0 Å². The van der Waals surface area contributed by atoms with E-state index in [9.17, 15) is 8.78 Å². The van der Waals surface area contributed by atoms with Crippen LogP contribution in [0.4, 0.5) is 8.78 Å². The molecule has 0 aliphatic heterocycles. The van der Waals surface area contributed by atoms with Gasteiger partial charge in [-0.2, -0.15) is 0 Å². The molecule has 0 amide bonds. The van der Waals surface area contributed by atoms with Crippen LogP contribution in [0.1, 0.15) is 17.4 Å². The number of hydrogen-bond donors (Lipinski definition) is 1. The molecule has 2 nitrogen and oxygen atoms in total. The lowest BCUT2D eigenvalue weighted by Gasteiger charge is -2.09. The van der Waals surface area contributed by atoms with Crippen LogP contribution in [-0.2, 0) is 13.2 Å². The lowest BCUT2D eigenvalue weighted by atomic mass is 10.2. The number of benzene rings is 1. The topological polar surface area (TPSA) is 21.3 Å². The Kier molecular flexibility index (Phi) is 4.87. The van der Waals surface area contributed by atoms with Gasteiger partial charge in [-0.15, -0.1) is 11.3 Å². The normalized spacial score (nSPS) is 10.7. The van der Waals surface area contributed by atoms with Gasteiger partial charge < -0.3 is 10.1 Å². The summed E-state index contributed by atoms with van der Waals surface area (Å²) in [7, 11) is 0. The van der Waals surface area contributed by atoms with E-state index in [1.807, 2.05) is 24.4 Å². The zero-order chi connectivity index (χ0) is 13.7. The molecule has 0 bridgehead atoms. The molecule has 1 aromatic heterocycles. The van der Waals surface area contributed by atoms with Gasteiger partial charge in [0, 0.05) is 11.4 Å². The third kappa shape index (κ3) is 3.75. The second-order valence-electron chi connectivity index (χ2n) is 4.04. The van der Waals surface area contributed by atoms with Gasteiger partial charge in [0.05, 0.1) is 0 Å². The van der Waals surface area contributed by atoms with Crippen LogP contribution in [0.3, 0.4) is 0 Å². The number of rotatable bonds is 6. The molecule has 0 unspecified atom stereocenters. The summed E-state index contributed by atoms with van der Waals surface area (Å²) in [4.78, 5) is 0.926. The number of halogens is 2. The minimum absolute atomic E-state index is 0.179. The Morgan fingerprint density at radius 1 is 1.26 bits per heavy atom. The summed E-state index contributed by atoms with van der Waals surface area (Å²) in [6.45, 7) is 3.30. The van der Waals surface area contributed by atoms with Crippen LogP contribution in [0, 0.1) is 11.6 Å². The lowest BCUT2D eigenvalue weighted by Crippen LogP contribution is -2.12. The standard InChI is InChI=1S/C14H15F2NOS/c1-2-17-8-10-6-12(15)14(13(16)7-10)18-9-11-4-3-5-19-11/h3-7,17H,2,8-9H2,1H3. The first kappa shape index (κ1) is 14.0. The maximum atomic E-state index is 13.8. The van der Waals surface area contributed by atoms with Crippen LogP contribution in [0.2, 0.25) is 0 Å². The second-order valence-corrected chi connectivity index (χ2v) is 5.07. The molecule has 102 valence electrons. The van der Waals surface area contributed by atoms with Crippen LogP contribution in [0.15, 0.2) is 29.6 Å². The Balaban J connectivity index is 2.08. The summed E-state index contributed by atoms with van der Waals surface area (Å²) < 4.78 is 32.8. The largest absolute Gasteiger partial charge is 0.482 e.